The Hall–Kier alpha value is -3.70. The number of anilines is 1. The van der Waals surface area contributed by atoms with E-state index in [-0.39, 0.29) is 11.3 Å². The third kappa shape index (κ3) is 3.44. The van der Waals surface area contributed by atoms with Gasteiger partial charge in [0.1, 0.15) is 11.6 Å². The van der Waals surface area contributed by atoms with Gasteiger partial charge in [-0.15, -0.1) is 0 Å². The Morgan fingerprint density at radius 2 is 2.00 bits per heavy atom. The maximum Gasteiger partial charge on any atom is 0.275 e. The van der Waals surface area contributed by atoms with Crippen LogP contribution in [0.3, 0.4) is 0 Å². The van der Waals surface area contributed by atoms with E-state index in [0.29, 0.717) is 29.4 Å². The third-order valence-corrected chi connectivity index (χ3v) is 5.24. The number of aromatic nitrogens is 1. The van der Waals surface area contributed by atoms with Gasteiger partial charge in [0.15, 0.2) is 0 Å². The van der Waals surface area contributed by atoms with Gasteiger partial charge in [0.05, 0.1) is 16.1 Å². The van der Waals surface area contributed by atoms with Gasteiger partial charge in [-0.1, -0.05) is 18.2 Å². The molecule has 146 valence electrons. The second-order valence-corrected chi connectivity index (χ2v) is 7.03. The fourth-order valence-corrected chi connectivity index (χ4v) is 3.74. The SMILES string of the molecule is N#Cc1c(NCC2CCNC2)c2ccccc2n(-c2ccc([N+](=O)[O-])cc2)c1=O. The molecule has 1 atom stereocenters. The molecule has 29 heavy (non-hydrogen) atoms. The summed E-state index contributed by atoms with van der Waals surface area (Å²) in [6.45, 7) is 2.55. The van der Waals surface area contributed by atoms with Crippen molar-refractivity contribution in [1.82, 2.24) is 9.88 Å². The number of pyridine rings is 1. The van der Waals surface area contributed by atoms with Crippen molar-refractivity contribution in [3.63, 3.8) is 0 Å². The minimum Gasteiger partial charge on any atom is -0.383 e. The molecule has 1 aliphatic heterocycles. The molecule has 1 unspecified atom stereocenters. The van der Waals surface area contributed by atoms with Gasteiger partial charge in [-0.3, -0.25) is 19.5 Å². The van der Waals surface area contributed by atoms with Crippen LogP contribution in [0.15, 0.2) is 53.3 Å². The van der Waals surface area contributed by atoms with E-state index in [1.165, 1.54) is 28.8 Å². The van der Waals surface area contributed by atoms with Gasteiger partial charge < -0.3 is 10.6 Å². The van der Waals surface area contributed by atoms with Crippen molar-refractivity contribution in [2.45, 2.75) is 6.42 Å². The third-order valence-electron chi connectivity index (χ3n) is 5.24. The molecule has 0 amide bonds. The normalized spacial score (nSPS) is 15.9. The summed E-state index contributed by atoms with van der Waals surface area (Å²) in [5.74, 6) is 0.442. The highest BCUT2D eigenvalue weighted by Crippen LogP contribution is 2.28. The van der Waals surface area contributed by atoms with Crippen molar-refractivity contribution < 1.29 is 4.92 Å². The Bertz CT molecular complexity index is 1170. The van der Waals surface area contributed by atoms with E-state index in [2.05, 4.69) is 16.7 Å². The smallest absolute Gasteiger partial charge is 0.275 e. The van der Waals surface area contributed by atoms with Crippen LogP contribution in [0.2, 0.25) is 0 Å². The Morgan fingerprint density at radius 1 is 1.24 bits per heavy atom. The number of nitro benzene ring substituents is 1. The molecule has 0 spiro atoms. The van der Waals surface area contributed by atoms with Crippen LogP contribution in [0, 0.1) is 27.4 Å². The van der Waals surface area contributed by atoms with Crippen LogP contribution < -0.4 is 16.2 Å². The summed E-state index contributed by atoms with van der Waals surface area (Å²) in [6.07, 6.45) is 1.05. The molecule has 8 heteroatoms. The molecule has 3 aromatic rings. The van der Waals surface area contributed by atoms with Crippen LogP contribution in [0.1, 0.15) is 12.0 Å². The van der Waals surface area contributed by atoms with Crippen molar-refractivity contribution in [1.29, 1.82) is 5.26 Å². The summed E-state index contributed by atoms with van der Waals surface area (Å²) in [4.78, 5) is 23.6. The van der Waals surface area contributed by atoms with Gasteiger partial charge in [0.25, 0.3) is 11.2 Å². The standard InChI is InChI=1S/C21H19N5O3/c22-11-18-20(24-13-14-9-10-23-12-14)17-3-1-2-4-19(17)25(21(18)27)15-5-7-16(8-6-15)26(28)29/h1-8,14,23-24H,9-10,12-13H2. The zero-order chi connectivity index (χ0) is 20.4. The molecule has 0 bridgehead atoms. The molecule has 1 aliphatic rings. The van der Waals surface area contributed by atoms with Gasteiger partial charge in [-0.05, 0) is 43.6 Å². The minimum absolute atomic E-state index is 0.0352. The Balaban J connectivity index is 1.87. The molecule has 1 fully saturated rings. The number of nitrogens with zero attached hydrogens (tertiary/aromatic N) is 3. The molecular formula is C21H19N5O3. The summed E-state index contributed by atoms with van der Waals surface area (Å²) in [5, 5.41) is 28.1. The predicted octanol–water partition coefficient (Wildman–Crippen LogP) is 2.79. The first kappa shape index (κ1) is 18.7. The number of para-hydroxylation sites is 1. The molecule has 2 N–H and O–H groups in total. The van der Waals surface area contributed by atoms with Crippen molar-refractivity contribution >= 4 is 22.3 Å². The number of fused-ring (bicyclic) bond motifs is 1. The maximum atomic E-state index is 13.2. The van der Waals surface area contributed by atoms with Crippen LogP contribution in [0.5, 0.6) is 0 Å². The Kier molecular flexibility index (Phi) is 4.97. The van der Waals surface area contributed by atoms with Crippen molar-refractivity contribution in [3.05, 3.63) is 74.6 Å². The number of hydrogen-bond donors (Lipinski definition) is 2. The predicted molar refractivity (Wildman–Crippen MR) is 110 cm³/mol. The fourth-order valence-electron chi connectivity index (χ4n) is 3.74. The van der Waals surface area contributed by atoms with Gasteiger partial charge in [-0.2, -0.15) is 5.26 Å². The topological polar surface area (TPSA) is 113 Å². The number of rotatable bonds is 5. The highest BCUT2D eigenvalue weighted by atomic mass is 16.6. The highest BCUT2D eigenvalue weighted by Gasteiger charge is 2.20. The van der Waals surface area contributed by atoms with E-state index in [4.69, 9.17) is 0 Å². The highest BCUT2D eigenvalue weighted by molar-refractivity contribution is 5.95. The van der Waals surface area contributed by atoms with Crippen LogP contribution in [-0.4, -0.2) is 29.1 Å². The van der Waals surface area contributed by atoms with E-state index in [1.807, 2.05) is 24.3 Å². The van der Waals surface area contributed by atoms with E-state index in [9.17, 15) is 20.2 Å². The number of benzene rings is 2. The fraction of sp³-hybridized carbons (Fsp3) is 0.238. The second-order valence-electron chi connectivity index (χ2n) is 7.03. The first-order valence-electron chi connectivity index (χ1n) is 9.37. The van der Waals surface area contributed by atoms with Crippen LogP contribution in [-0.2, 0) is 0 Å². The first-order chi connectivity index (χ1) is 14.1. The molecule has 8 nitrogen and oxygen atoms in total. The average Bonchev–Trinajstić information content (AvgIpc) is 3.25. The van der Waals surface area contributed by atoms with E-state index in [0.717, 1.165) is 24.9 Å². The lowest BCUT2D eigenvalue weighted by Crippen LogP contribution is -2.25. The number of hydrogen-bond acceptors (Lipinski definition) is 6. The lowest BCUT2D eigenvalue weighted by Gasteiger charge is -2.18. The number of nitro groups is 1. The zero-order valence-corrected chi connectivity index (χ0v) is 15.6. The Morgan fingerprint density at radius 3 is 2.66 bits per heavy atom. The van der Waals surface area contributed by atoms with Crippen LogP contribution in [0.25, 0.3) is 16.6 Å². The number of nitriles is 1. The summed E-state index contributed by atoms with van der Waals surface area (Å²) in [7, 11) is 0. The van der Waals surface area contributed by atoms with Crippen LogP contribution >= 0.6 is 0 Å². The van der Waals surface area contributed by atoms with Crippen LogP contribution in [0.4, 0.5) is 11.4 Å². The van der Waals surface area contributed by atoms with Gasteiger partial charge in [0.2, 0.25) is 0 Å². The molecule has 0 aliphatic carbocycles. The number of nitrogens with one attached hydrogen (secondary N) is 2. The van der Waals surface area contributed by atoms with Gasteiger partial charge in [0, 0.05) is 29.8 Å². The molecule has 2 heterocycles. The maximum absolute atomic E-state index is 13.2. The monoisotopic (exact) mass is 389 g/mol. The summed E-state index contributed by atoms with van der Waals surface area (Å²) >= 11 is 0. The van der Waals surface area contributed by atoms with E-state index in [1.54, 1.807) is 0 Å². The Labute approximate surface area is 166 Å². The van der Waals surface area contributed by atoms with Crippen molar-refractivity contribution in [2.24, 2.45) is 5.92 Å². The molecule has 1 aromatic heterocycles. The largest absolute Gasteiger partial charge is 0.383 e. The lowest BCUT2D eigenvalue weighted by atomic mass is 10.1. The van der Waals surface area contributed by atoms with Crippen molar-refractivity contribution in [3.8, 4) is 11.8 Å². The summed E-state index contributed by atoms with van der Waals surface area (Å²) in [6, 6.07) is 15.1. The minimum atomic E-state index is -0.490. The average molecular weight is 389 g/mol. The van der Waals surface area contributed by atoms with E-state index < -0.39 is 10.5 Å². The van der Waals surface area contributed by atoms with Gasteiger partial charge in [-0.25, -0.2) is 0 Å². The summed E-state index contributed by atoms with van der Waals surface area (Å²) in [5.41, 5.74) is 1.17. The molecule has 4 rings (SSSR count). The quantitative estimate of drug-likeness (QED) is 0.512. The molecule has 0 saturated carbocycles. The molecule has 1 saturated heterocycles. The van der Waals surface area contributed by atoms with Gasteiger partial charge >= 0.3 is 0 Å². The van der Waals surface area contributed by atoms with E-state index >= 15 is 0 Å². The number of non-ortho nitro benzene ring substituents is 1. The first-order valence-corrected chi connectivity index (χ1v) is 9.37. The van der Waals surface area contributed by atoms with Crippen molar-refractivity contribution in [2.75, 3.05) is 25.0 Å². The second kappa shape index (κ2) is 7.73. The zero-order valence-electron chi connectivity index (χ0n) is 15.6. The molecule has 2 aromatic carbocycles. The molecular weight excluding hydrogens is 370 g/mol. The molecule has 0 radical (unpaired) electrons. The summed E-state index contributed by atoms with van der Waals surface area (Å²) < 4.78 is 1.43. The lowest BCUT2D eigenvalue weighted by molar-refractivity contribution is -0.384.